The van der Waals surface area contributed by atoms with E-state index in [9.17, 15) is 9.59 Å². The van der Waals surface area contributed by atoms with Crippen LogP contribution in [0.4, 0.5) is 5.69 Å². The van der Waals surface area contributed by atoms with E-state index in [1.165, 1.54) is 18.0 Å². The number of aryl methyl sites for hydroxylation is 1. The van der Waals surface area contributed by atoms with E-state index in [1.54, 1.807) is 12.1 Å². The van der Waals surface area contributed by atoms with E-state index in [4.69, 9.17) is 8.83 Å². The lowest BCUT2D eigenvalue weighted by molar-refractivity contribution is -0.117. The molecule has 4 heterocycles. The molecule has 0 N–H and O–H groups in total. The normalized spacial score (nSPS) is 15.3. The Bertz CT molecular complexity index is 1040. The third kappa shape index (κ3) is 2.86. The summed E-state index contributed by atoms with van der Waals surface area (Å²) < 4.78 is 10.7. The summed E-state index contributed by atoms with van der Waals surface area (Å²) in [5, 5.41) is 8.18. The number of aromatic nitrogens is 2. The number of hydrogen-bond donors (Lipinski definition) is 0. The summed E-state index contributed by atoms with van der Waals surface area (Å²) in [6.07, 6.45) is 3.74. The maximum atomic E-state index is 12.7. The molecule has 0 bridgehead atoms. The minimum Gasteiger partial charge on any atom is -0.459 e. The van der Waals surface area contributed by atoms with Crippen molar-refractivity contribution in [3.8, 4) is 11.7 Å². The molecule has 3 aromatic rings. The van der Waals surface area contributed by atoms with Gasteiger partial charge in [-0.2, -0.15) is 0 Å². The molecule has 0 radical (unpaired) electrons. The predicted octanol–water partition coefficient (Wildman–Crippen LogP) is 3.14. The third-order valence-electron chi connectivity index (χ3n) is 4.80. The molecule has 0 aliphatic carbocycles. The summed E-state index contributed by atoms with van der Waals surface area (Å²) in [5.41, 5.74) is 3.72. The zero-order valence-corrected chi connectivity index (χ0v) is 15.1. The number of Topliss-reactive ketones (excluding diaryl/α,β-unsaturated/α-hetero) is 1. The van der Waals surface area contributed by atoms with E-state index in [-0.39, 0.29) is 23.3 Å². The highest BCUT2D eigenvalue weighted by Gasteiger charge is 2.32. The minimum absolute atomic E-state index is 0.0201. The number of thioether (sulfide) groups is 1. The third-order valence-corrected chi connectivity index (χ3v) is 5.61. The molecule has 8 heteroatoms. The molecule has 7 nitrogen and oxygen atoms in total. The van der Waals surface area contributed by atoms with Gasteiger partial charge in [0.15, 0.2) is 11.5 Å². The van der Waals surface area contributed by atoms with Crippen molar-refractivity contribution in [1.29, 1.82) is 0 Å². The summed E-state index contributed by atoms with van der Waals surface area (Å²) in [6, 6.07) is 7.25. The van der Waals surface area contributed by atoms with Gasteiger partial charge in [0.1, 0.15) is 0 Å². The SMILES string of the molecule is O=C(CSc1nnc(-c2ccco2)o1)c1cc2c3c(c1)CC(=O)N3CCC2. The van der Waals surface area contributed by atoms with Gasteiger partial charge in [0, 0.05) is 12.1 Å². The second-order valence-electron chi connectivity index (χ2n) is 6.53. The number of hydrogen-bond acceptors (Lipinski definition) is 7. The Morgan fingerprint density at radius 2 is 2.15 bits per heavy atom. The van der Waals surface area contributed by atoms with Gasteiger partial charge in [0.2, 0.25) is 5.91 Å². The summed E-state index contributed by atoms with van der Waals surface area (Å²) in [6.45, 7) is 0.775. The van der Waals surface area contributed by atoms with E-state index in [0.29, 0.717) is 23.0 Å². The minimum atomic E-state index is -0.0201. The van der Waals surface area contributed by atoms with E-state index < -0.39 is 0 Å². The highest BCUT2D eigenvalue weighted by Crippen LogP contribution is 2.38. The number of carbonyl (C=O) groups excluding carboxylic acids is 2. The van der Waals surface area contributed by atoms with Crippen molar-refractivity contribution >= 4 is 29.1 Å². The fraction of sp³-hybridized carbons (Fsp3) is 0.263. The van der Waals surface area contributed by atoms with E-state index in [1.807, 2.05) is 17.0 Å². The Morgan fingerprint density at radius 3 is 3.00 bits per heavy atom. The molecule has 1 aromatic carbocycles. The van der Waals surface area contributed by atoms with Crippen LogP contribution in [0.5, 0.6) is 0 Å². The Kier molecular flexibility index (Phi) is 3.86. The lowest BCUT2D eigenvalue weighted by Gasteiger charge is -2.25. The van der Waals surface area contributed by atoms with Crippen LogP contribution in [0, 0.1) is 0 Å². The second-order valence-corrected chi connectivity index (χ2v) is 7.46. The van der Waals surface area contributed by atoms with Crippen molar-refractivity contribution in [2.75, 3.05) is 17.2 Å². The fourth-order valence-corrected chi connectivity index (χ4v) is 4.28. The topological polar surface area (TPSA) is 89.4 Å². The number of carbonyl (C=O) groups is 2. The van der Waals surface area contributed by atoms with Crippen LogP contribution in [0.2, 0.25) is 0 Å². The molecule has 0 saturated heterocycles. The van der Waals surface area contributed by atoms with E-state index >= 15 is 0 Å². The lowest BCUT2D eigenvalue weighted by Crippen LogP contribution is -2.31. The van der Waals surface area contributed by atoms with Crippen LogP contribution in [-0.2, 0) is 17.6 Å². The van der Waals surface area contributed by atoms with Crippen LogP contribution in [-0.4, -0.2) is 34.2 Å². The van der Waals surface area contributed by atoms with Gasteiger partial charge in [-0.05, 0) is 48.2 Å². The van der Waals surface area contributed by atoms with Gasteiger partial charge in [0.25, 0.3) is 11.1 Å². The molecule has 27 heavy (non-hydrogen) atoms. The van der Waals surface area contributed by atoms with Gasteiger partial charge in [0.05, 0.1) is 24.1 Å². The van der Waals surface area contributed by atoms with Gasteiger partial charge >= 0.3 is 0 Å². The summed E-state index contributed by atoms with van der Waals surface area (Å²) >= 11 is 1.19. The molecule has 0 unspecified atom stereocenters. The molecule has 2 aromatic heterocycles. The molecule has 0 atom stereocenters. The van der Waals surface area contributed by atoms with Crippen LogP contribution >= 0.6 is 11.8 Å². The zero-order chi connectivity index (χ0) is 18.4. The lowest BCUT2D eigenvalue weighted by atomic mass is 9.96. The second kappa shape index (κ2) is 6.38. The molecule has 0 spiro atoms. The number of furan rings is 1. The summed E-state index contributed by atoms with van der Waals surface area (Å²) in [4.78, 5) is 26.7. The van der Waals surface area contributed by atoms with Gasteiger partial charge in [-0.3, -0.25) is 9.59 Å². The Hall–Kier alpha value is -2.87. The van der Waals surface area contributed by atoms with Crippen LogP contribution in [0.15, 0.2) is 44.6 Å². The maximum absolute atomic E-state index is 12.7. The molecular formula is C19H15N3O4S. The van der Waals surface area contributed by atoms with Crippen LogP contribution in [0.3, 0.4) is 0 Å². The summed E-state index contributed by atoms with van der Waals surface area (Å²) in [5.74, 6) is 1.08. The van der Waals surface area contributed by atoms with Crippen molar-refractivity contribution in [1.82, 2.24) is 10.2 Å². The van der Waals surface area contributed by atoms with E-state index in [2.05, 4.69) is 10.2 Å². The summed E-state index contributed by atoms with van der Waals surface area (Å²) in [7, 11) is 0. The van der Waals surface area contributed by atoms with Crippen molar-refractivity contribution in [3.63, 3.8) is 0 Å². The number of nitrogens with zero attached hydrogens (tertiary/aromatic N) is 3. The first kappa shape index (κ1) is 16.3. The Morgan fingerprint density at radius 1 is 1.26 bits per heavy atom. The van der Waals surface area contributed by atoms with Gasteiger partial charge < -0.3 is 13.7 Å². The quantitative estimate of drug-likeness (QED) is 0.495. The highest BCUT2D eigenvalue weighted by atomic mass is 32.2. The molecule has 5 rings (SSSR count). The first-order chi connectivity index (χ1) is 13.2. The molecule has 0 fully saturated rings. The molecule has 2 aliphatic heterocycles. The van der Waals surface area contributed by atoms with Crippen molar-refractivity contribution in [2.45, 2.75) is 24.5 Å². The fourth-order valence-electron chi connectivity index (χ4n) is 3.62. The smallest absolute Gasteiger partial charge is 0.284 e. The van der Waals surface area contributed by atoms with Crippen LogP contribution in [0.1, 0.15) is 27.9 Å². The number of anilines is 1. The monoisotopic (exact) mass is 381 g/mol. The van der Waals surface area contributed by atoms with Crippen LogP contribution in [0.25, 0.3) is 11.7 Å². The Balaban J connectivity index is 1.32. The number of ketones is 1. The zero-order valence-electron chi connectivity index (χ0n) is 14.3. The number of amides is 1. The average molecular weight is 381 g/mol. The van der Waals surface area contributed by atoms with Gasteiger partial charge in [-0.15, -0.1) is 10.2 Å². The molecular weight excluding hydrogens is 366 g/mol. The van der Waals surface area contributed by atoms with E-state index in [0.717, 1.165) is 36.2 Å². The van der Waals surface area contributed by atoms with Crippen molar-refractivity contribution in [2.24, 2.45) is 0 Å². The average Bonchev–Trinajstić information content (AvgIpc) is 3.41. The van der Waals surface area contributed by atoms with Crippen LogP contribution < -0.4 is 4.90 Å². The molecule has 1 amide bonds. The van der Waals surface area contributed by atoms with Gasteiger partial charge in [-0.1, -0.05) is 11.8 Å². The first-order valence-corrected chi connectivity index (χ1v) is 9.67. The van der Waals surface area contributed by atoms with Gasteiger partial charge in [-0.25, -0.2) is 0 Å². The highest BCUT2D eigenvalue weighted by molar-refractivity contribution is 7.99. The van der Waals surface area contributed by atoms with Crippen molar-refractivity contribution in [3.05, 3.63) is 47.2 Å². The number of benzene rings is 1. The molecule has 2 aliphatic rings. The van der Waals surface area contributed by atoms with Crippen molar-refractivity contribution < 1.29 is 18.4 Å². The maximum Gasteiger partial charge on any atom is 0.284 e. The largest absolute Gasteiger partial charge is 0.459 e. The molecule has 136 valence electrons. The standard InChI is InChI=1S/C19H15N3O4S/c23-14(10-27-19-21-20-18(26-19)15-4-2-6-25-15)12-7-11-3-1-5-22-16(24)9-13(8-12)17(11)22/h2,4,6-8H,1,3,5,9-10H2. The first-order valence-electron chi connectivity index (χ1n) is 8.68. The molecule has 0 saturated carbocycles. The predicted molar refractivity (Wildman–Crippen MR) is 97.9 cm³/mol. The number of rotatable bonds is 5. The Labute approximate surface area is 158 Å².